The molecule has 0 saturated carbocycles. The highest BCUT2D eigenvalue weighted by atomic mass is 32.2. The largest absolute Gasteiger partial charge is 0.216 e. The predicted octanol–water partition coefficient (Wildman–Crippen LogP) is 2.14. The molecule has 0 radical (unpaired) electrons. The van der Waals surface area contributed by atoms with Gasteiger partial charge in [-0.25, -0.2) is 13.1 Å². The summed E-state index contributed by atoms with van der Waals surface area (Å²) in [7, 11) is -3.50. The summed E-state index contributed by atoms with van der Waals surface area (Å²) in [6, 6.07) is 18.1. The molecule has 124 valence electrons. The molecule has 1 unspecified atom stereocenters. The molecule has 1 N–H and O–H groups in total. The van der Waals surface area contributed by atoms with Crippen LogP contribution >= 0.6 is 0 Å². The number of nitrogens with one attached hydrogen (secondary N) is 1. The third-order valence-corrected chi connectivity index (χ3v) is 4.89. The average Bonchev–Trinajstić information content (AvgIpc) is 3.08. The Morgan fingerprint density at radius 2 is 1.50 bits per heavy atom. The molecular formula is C17H18N4O2S. The Hall–Kier alpha value is -2.51. The van der Waals surface area contributed by atoms with Crippen molar-refractivity contribution in [3.05, 3.63) is 84.2 Å². The van der Waals surface area contributed by atoms with Crippen molar-refractivity contribution in [2.24, 2.45) is 0 Å². The molecule has 0 spiro atoms. The molecule has 1 aromatic heterocycles. The quantitative estimate of drug-likeness (QED) is 0.714. The van der Waals surface area contributed by atoms with Crippen LogP contribution in [0.1, 0.15) is 17.2 Å². The van der Waals surface area contributed by atoms with Gasteiger partial charge < -0.3 is 0 Å². The first-order chi connectivity index (χ1) is 11.6. The Balaban J connectivity index is 1.80. The molecule has 2 aromatic carbocycles. The summed E-state index contributed by atoms with van der Waals surface area (Å²) in [4.78, 5) is 1.47. The molecule has 0 fully saturated rings. The zero-order valence-electron chi connectivity index (χ0n) is 13.0. The van der Waals surface area contributed by atoms with Gasteiger partial charge in [0.05, 0.1) is 30.7 Å². The molecule has 3 rings (SSSR count). The van der Waals surface area contributed by atoms with E-state index in [1.165, 1.54) is 4.80 Å². The number of nitrogens with zero attached hydrogens (tertiary/aromatic N) is 3. The lowest BCUT2D eigenvalue weighted by atomic mass is 10.1. The first-order valence-corrected chi connectivity index (χ1v) is 9.20. The van der Waals surface area contributed by atoms with Crippen molar-refractivity contribution >= 4 is 10.0 Å². The van der Waals surface area contributed by atoms with Gasteiger partial charge in [-0.05, 0) is 11.1 Å². The highest BCUT2D eigenvalue weighted by molar-refractivity contribution is 7.88. The van der Waals surface area contributed by atoms with Gasteiger partial charge in [-0.15, -0.1) is 0 Å². The molecule has 0 amide bonds. The first kappa shape index (κ1) is 16.4. The van der Waals surface area contributed by atoms with Crippen LogP contribution in [0.15, 0.2) is 73.1 Å². The van der Waals surface area contributed by atoms with Gasteiger partial charge in [0, 0.05) is 0 Å². The molecule has 0 aliphatic rings. The van der Waals surface area contributed by atoms with E-state index in [0.29, 0.717) is 6.54 Å². The van der Waals surface area contributed by atoms with E-state index >= 15 is 0 Å². The van der Waals surface area contributed by atoms with Crippen LogP contribution in [0.2, 0.25) is 0 Å². The van der Waals surface area contributed by atoms with E-state index in [1.807, 2.05) is 48.5 Å². The Morgan fingerprint density at radius 1 is 0.917 bits per heavy atom. The second kappa shape index (κ2) is 7.37. The first-order valence-electron chi connectivity index (χ1n) is 7.55. The second-order valence-corrected chi connectivity index (χ2v) is 7.16. The molecule has 0 aliphatic carbocycles. The monoisotopic (exact) mass is 342 g/mol. The topological polar surface area (TPSA) is 76.9 Å². The molecule has 0 saturated heterocycles. The van der Waals surface area contributed by atoms with Crippen LogP contribution in [0.4, 0.5) is 0 Å². The van der Waals surface area contributed by atoms with Crippen LogP contribution in [-0.4, -0.2) is 23.4 Å². The lowest BCUT2D eigenvalue weighted by Gasteiger charge is -2.19. The number of aromatic nitrogens is 3. The minimum absolute atomic E-state index is 0.0658. The number of benzene rings is 2. The summed E-state index contributed by atoms with van der Waals surface area (Å²) in [5.74, 6) is -0.0658. The fraction of sp³-hybridized carbons (Fsp3) is 0.176. The van der Waals surface area contributed by atoms with Gasteiger partial charge in [0.2, 0.25) is 10.0 Å². The van der Waals surface area contributed by atoms with Crippen LogP contribution in [0, 0.1) is 0 Å². The number of hydrogen-bond donors (Lipinski definition) is 1. The SMILES string of the molecule is O=S(=O)(Cc1ccccc1)NC(Cn1nccn1)c1ccccc1. The van der Waals surface area contributed by atoms with E-state index in [9.17, 15) is 8.42 Å². The molecule has 1 atom stereocenters. The van der Waals surface area contributed by atoms with Crippen molar-refractivity contribution in [2.75, 3.05) is 0 Å². The van der Waals surface area contributed by atoms with Gasteiger partial charge in [-0.3, -0.25) is 0 Å². The van der Waals surface area contributed by atoms with Crippen molar-refractivity contribution in [3.63, 3.8) is 0 Å². The summed E-state index contributed by atoms with van der Waals surface area (Å²) < 4.78 is 27.9. The minimum atomic E-state index is -3.50. The molecule has 1 heterocycles. The smallest absolute Gasteiger partial charge is 0.212 e. The summed E-state index contributed by atoms with van der Waals surface area (Å²) >= 11 is 0. The van der Waals surface area contributed by atoms with Crippen molar-refractivity contribution in [2.45, 2.75) is 18.3 Å². The van der Waals surface area contributed by atoms with Crippen LogP contribution in [0.25, 0.3) is 0 Å². The standard InChI is InChI=1S/C17H18N4O2S/c22-24(23,14-15-7-3-1-4-8-15)20-17(13-21-18-11-12-19-21)16-9-5-2-6-10-16/h1-12,17,20H,13-14H2. The van der Waals surface area contributed by atoms with E-state index in [4.69, 9.17) is 0 Å². The van der Waals surface area contributed by atoms with Gasteiger partial charge in [0.15, 0.2) is 0 Å². The van der Waals surface area contributed by atoms with Gasteiger partial charge >= 0.3 is 0 Å². The summed E-state index contributed by atoms with van der Waals surface area (Å²) in [5.41, 5.74) is 1.61. The van der Waals surface area contributed by atoms with Crippen molar-refractivity contribution in [3.8, 4) is 0 Å². The van der Waals surface area contributed by atoms with E-state index in [2.05, 4.69) is 14.9 Å². The molecular weight excluding hydrogens is 324 g/mol. The molecule has 7 heteroatoms. The Kier molecular flexibility index (Phi) is 5.02. The lowest BCUT2D eigenvalue weighted by molar-refractivity contribution is 0.444. The van der Waals surface area contributed by atoms with Crippen molar-refractivity contribution in [1.29, 1.82) is 0 Å². The summed E-state index contributed by atoms with van der Waals surface area (Å²) in [6.07, 6.45) is 3.14. The molecule has 24 heavy (non-hydrogen) atoms. The maximum atomic E-state index is 12.6. The maximum Gasteiger partial charge on any atom is 0.216 e. The van der Waals surface area contributed by atoms with E-state index in [0.717, 1.165) is 11.1 Å². The van der Waals surface area contributed by atoms with Crippen LogP contribution in [0.5, 0.6) is 0 Å². The normalized spacial score (nSPS) is 12.8. The van der Waals surface area contributed by atoms with E-state index < -0.39 is 16.1 Å². The predicted molar refractivity (Wildman–Crippen MR) is 91.4 cm³/mol. The van der Waals surface area contributed by atoms with Gasteiger partial charge in [-0.2, -0.15) is 15.0 Å². The Bertz CT molecular complexity index is 850. The Morgan fingerprint density at radius 3 is 2.12 bits per heavy atom. The summed E-state index contributed by atoms with van der Waals surface area (Å²) in [5, 5.41) is 8.13. The number of hydrogen-bond acceptors (Lipinski definition) is 4. The molecule has 6 nitrogen and oxygen atoms in total. The zero-order chi connectivity index (χ0) is 16.8. The fourth-order valence-electron chi connectivity index (χ4n) is 2.45. The average molecular weight is 342 g/mol. The lowest BCUT2D eigenvalue weighted by Crippen LogP contribution is -2.33. The highest BCUT2D eigenvalue weighted by Crippen LogP contribution is 2.17. The van der Waals surface area contributed by atoms with E-state index in [1.54, 1.807) is 24.5 Å². The highest BCUT2D eigenvalue weighted by Gasteiger charge is 2.21. The van der Waals surface area contributed by atoms with Gasteiger partial charge in [-0.1, -0.05) is 60.7 Å². The third-order valence-electron chi connectivity index (χ3n) is 3.54. The number of sulfonamides is 1. The van der Waals surface area contributed by atoms with Gasteiger partial charge in [0.25, 0.3) is 0 Å². The van der Waals surface area contributed by atoms with Crippen LogP contribution in [0.3, 0.4) is 0 Å². The second-order valence-electron chi connectivity index (χ2n) is 5.41. The van der Waals surface area contributed by atoms with Gasteiger partial charge in [0.1, 0.15) is 0 Å². The van der Waals surface area contributed by atoms with Crippen LogP contribution < -0.4 is 4.72 Å². The number of rotatable bonds is 7. The molecule has 0 aliphatic heterocycles. The Labute approximate surface area is 141 Å². The van der Waals surface area contributed by atoms with E-state index in [-0.39, 0.29) is 5.75 Å². The summed E-state index contributed by atoms with van der Waals surface area (Å²) in [6.45, 7) is 0.324. The fourth-order valence-corrected chi connectivity index (χ4v) is 3.81. The van der Waals surface area contributed by atoms with Crippen molar-refractivity contribution < 1.29 is 8.42 Å². The minimum Gasteiger partial charge on any atom is -0.212 e. The third kappa shape index (κ3) is 4.50. The zero-order valence-corrected chi connectivity index (χ0v) is 13.8. The molecule has 3 aromatic rings. The van der Waals surface area contributed by atoms with Crippen molar-refractivity contribution in [1.82, 2.24) is 19.7 Å². The molecule has 0 bridgehead atoms. The maximum absolute atomic E-state index is 12.6. The van der Waals surface area contributed by atoms with Crippen LogP contribution in [-0.2, 0) is 22.3 Å².